The van der Waals surface area contributed by atoms with Crippen molar-refractivity contribution < 1.29 is 9.90 Å². The number of carboxylic acids is 1. The molecular formula is C17H14BrNO2. The molecule has 2 aromatic carbocycles. The number of aliphatic carboxylic acids is 1. The van der Waals surface area contributed by atoms with Gasteiger partial charge in [0.05, 0.1) is 0 Å². The van der Waals surface area contributed by atoms with Crippen LogP contribution in [0.15, 0.2) is 53.0 Å². The molecule has 106 valence electrons. The van der Waals surface area contributed by atoms with E-state index < -0.39 is 5.97 Å². The molecule has 0 aliphatic heterocycles. The van der Waals surface area contributed by atoms with E-state index in [-0.39, 0.29) is 6.42 Å². The number of fused-ring (bicyclic) bond motifs is 1. The Morgan fingerprint density at radius 3 is 2.52 bits per heavy atom. The van der Waals surface area contributed by atoms with E-state index in [1.54, 1.807) is 0 Å². The molecule has 0 amide bonds. The van der Waals surface area contributed by atoms with Crippen LogP contribution in [0, 0.1) is 0 Å². The topological polar surface area (TPSA) is 53.1 Å². The molecule has 2 N–H and O–H groups in total. The molecule has 0 saturated heterocycles. The average Bonchev–Trinajstić information content (AvgIpc) is 2.84. The van der Waals surface area contributed by atoms with Gasteiger partial charge in [-0.1, -0.05) is 46.3 Å². The Bertz CT molecular complexity index is 790. The minimum Gasteiger partial charge on any atom is -0.481 e. The Kier molecular flexibility index (Phi) is 3.80. The smallest absolute Gasteiger partial charge is 0.303 e. The van der Waals surface area contributed by atoms with Crippen molar-refractivity contribution in [1.82, 2.24) is 4.98 Å². The van der Waals surface area contributed by atoms with Crippen LogP contribution in [0.1, 0.15) is 12.0 Å². The molecule has 4 heteroatoms. The van der Waals surface area contributed by atoms with E-state index in [0.717, 1.165) is 32.2 Å². The first-order valence-corrected chi connectivity index (χ1v) is 7.52. The number of halogens is 1. The molecule has 0 radical (unpaired) electrons. The Labute approximate surface area is 130 Å². The highest BCUT2D eigenvalue weighted by atomic mass is 79.9. The number of nitrogens with one attached hydrogen (secondary N) is 1. The number of para-hydroxylation sites is 1. The summed E-state index contributed by atoms with van der Waals surface area (Å²) in [6.07, 6.45) is 0.649. The number of aryl methyl sites for hydroxylation is 1. The highest BCUT2D eigenvalue weighted by molar-refractivity contribution is 9.10. The van der Waals surface area contributed by atoms with Crippen molar-refractivity contribution in [3.8, 4) is 11.3 Å². The van der Waals surface area contributed by atoms with Crippen LogP contribution >= 0.6 is 15.9 Å². The van der Waals surface area contributed by atoms with Gasteiger partial charge >= 0.3 is 5.97 Å². The van der Waals surface area contributed by atoms with Gasteiger partial charge in [-0.15, -0.1) is 0 Å². The van der Waals surface area contributed by atoms with Gasteiger partial charge in [0.1, 0.15) is 0 Å². The first-order chi connectivity index (χ1) is 10.1. The van der Waals surface area contributed by atoms with E-state index in [4.69, 9.17) is 5.11 Å². The molecule has 1 aromatic heterocycles. The fraction of sp³-hybridized carbons (Fsp3) is 0.118. The second-order valence-electron chi connectivity index (χ2n) is 4.92. The summed E-state index contributed by atoms with van der Waals surface area (Å²) in [4.78, 5) is 14.3. The molecule has 0 aliphatic rings. The van der Waals surface area contributed by atoms with Gasteiger partial charge in [-0.3, -0.25) is 4.79 Å². The normalized spacial score (nSPS) is 10.9. The van der Waals surface area contributed by atoms with Gasteiger partial charge in [0, 0.05) is 27.5 Å². The minimum atomic E-state index is -0.776. The largest absolute Gasteiger partial charge is 0.481 e. The molecule has 3 rings (SSSR count). The van der Waals surface area contributed by atoms with Crippen molar-refractivity contribution >= 4 is 32.8 Å². The number of aromatic nitrogens is 1. The zero-order valence-corrected chi connectivity index (χ0v) is 12.9. The zero-order valence-electron chi connectivity index (χ0n) is 11.3. The summed E-state index contributed by atoms with van der Waals surface area (Å²) in [6.45, 7) is 0. The highest BCUT2D eigenvalue weighted by Gasteiger charge is 2.13. The highest BCUT2D eigenvalue weighted by Crippen LogP contribution is 2.31. The van der Waals surface area contributed by atoms with Gasteiger partial charge in [0.15, 0.2) is 0 Å². The number of aromatic amines is 1. The van der Waals surface area contributed by atoms with Gasteiger partial charge in [-0.2, -0.15) is 0 Å². The molecule has 0 bridgehead atoms. The molecule has 21 heavy (non-hydrogen) atoms. The number of hydrogen-bond donors (Lipinski definition) is 2. The lowest BCUT2D eigenvalue weighted by molar-refractivity contribution is -0.136. The maximum Gasteiger partial charge on any atom is 0.303 e. The summed E-state index contributed by atoms with van der Waals surface area (Å²) < 4.78 is 1.02. The van der Waals surface area contributed by atoms with Crippen molar-refractivity contribution in [3.05, 3.63) is 58.6 Å². The Balaban J connectivity index is 2.13. The second kappa shape index (κ2) is 5.74. The van der Waals surface area contributed by atoms with Crippen molar-refractivity contribution in [3.63, 3.8) is 0 Å². The van der Waals surface area contributed by atoms with Crippen molar-refractivity contribution in [2.75, 3.05) is 0 Å². The van der Waals surface area contributed by atoms with E-state index in [9.17, 15) is 4.79 Å². The van der Waals surface area contributed by atoms with E-state index in [0.29, 0.717) is 6.42 Å². The summed E-state index contributed by atoms with van der Waals surface area (Å²) in [7, 11) is 0. The van der Waals surface area contributed by atoms with E-state index in [2.05, 4.69) is 20.9 Å². The maximum atomic E-state index is 10.9. The summed E-state index contributed by atoms with van der Waals surface area (Å²) in [5.41, 5.74) is 4.17. The van der Waals surface area contributed by atoms with E-state index in [1.165, 1.54) is 0 Å². The molecular weight excluding hydrogens is 330 g/mol. The number of hydrogen-bond acceptors (Lipinski definition) is 1. The molecule has 0 unspecified atom stereocenters. The molecule has 3 aromatic rings. The monoisotopic (exact) mass is 343 g/mol. The second-order valence-corrected chi connectivity index (χ2v) is 5.84. The third kappa shape index (κ3) is 2.85. The molecule has 3 nitrogen and oxygen atoms in total. The summed E-state index contributed by atoms with van der Waals surface area (Å²) >= 11 is 3.43. The quantitative estimate of drug-likeness (QED) is 0.726. The standard InChI is InChI=1S/C17H14BrNO2/c18-12-7-5-11(6-8-12)17-14(9-10-16(20)21)13-3-1-2-4-15(13)19-17/h1-8,19H,9-10H2,(H,20,21). The summed E-state index contributed by atoms with van der Waals surface area (Å²) in [5, 5.41) is 10.1. The molecule has 0 fully saturated rings. The van der Waals surface area contributed by atoms with Crippen LogP contribution in [0.3, 0.4) is 0 Å². The third-order valence-corrected chi connectivity index (χ3v) is 4.06. The van der Waals surface area contributed by atoms with Gasteiger partial charge in [-0.25, -0.2) is 0 Å². The third-order valence-electron chi connectivity index (χ3n) is 3.54. The molecule has 0 atom stereocenters. The number of carboxylic acid groups (broad SMARTS) is 1. The minimum absolute atomic E-state index is 0.130. The molecule has 0 saturated carbocycles. The van der Waals surface area contributed by atoms with Crippen LogP contribution < -0.4 is 0 Å². The fourth-order valence-electron chi connectivity index (χ4n) is 2.55. The lowest BCUT2D eigenvalue weighted by Gasteiger charge is -2.04. The van der Waals surface area contributed by atoms with Gasteiger partial charge in [-0.05, 0) is 35.7 Å². The molecule has 1 heterocycles. The van der Waals surface area contributed by atoms with Crippen LogP contribution in [0.25, 0.3) is 22.2 Å². The van der Waals surface area contributed by atoms with Crippen LogP contribution in [0.2, 0.25) is 0 Å². The Hall–Kier alpha value is -2.07. The Morgan fingerprint density at radius 2 is 1.81 bits per heavy atom. The number of rotatable bonds is 4. The predicted molar refractivity (Wildman–Crippen MR) is 87.4 cm³/mol. The van der Waals surface area contributed by atoms with Crippen molar-refractivity contribution in [2.24, 2.45) is 0 Å². The SMILES string of the molecule is O=C(O)CCc1c(-c2ccc(Br)cc2)[nH]c2ccccc12. The van der Waals surface area contributed by atoms with E-state index in [1.807, 2.05) is 48.5 Å². The average molecular weight is 344 g/mol. The van der Waals surface area contributed by atoms with E-state index >= 15 is 0 Å². The van der Waals surface area contributed by atoms with Crippen LogP contribution in [0.5, 0.6) is 0 Å². The van der Waals surface area contributed by atoms with Crippen LogP contribution in [0.4, 0.5) is 0 Å². The fourth-order valence-corrected chi connectivity index (χ4v) is 2.82. The maximum absolute atomic E-state index is 10.9. The van der Waals surface area contributed by atoms with Gasteiger partial charge < -0.3 is 10.1 Å². The van der Waals surface area contributed by atoms with Crippen LogP contribution in [-0.4, -0.2) is 16.1 Å². The first-order valence-electron chi connectivity index (χ1n) is 6.72. The lowest BCUT2D eigenvalue weighted by atomic mass is 10.0. The molecule has 0 spiro atoms. The number of benzene rings is 2. The predicted octanol–water partition coefficient (Wildman–Crippen LogP) is 4.61. The van der Waals surface area contributed by atoms with Crippen molar-refractivity contribution in [2.45, 2.75) is 12.8 Å². The first kappa shape index (κ1) is 13.9. The zero-order chi connectivity index (χ0) is 14.8. The summed E-state index contributed by atoms with van der Waals surface area (Å²) in [6, 6.07) is 16.0. The number of carbonyl (C=O) groups is 1. The van der Waals surface area contributed by atoms with Gasteiger partial charge in [0.25, 0.3) is 0 Å². The number of H-pyrrole nitrogens is 1. The Morgan fingerprint density at radius 1 is 1.10 bits per heavy atom. The lowest BCUT2D eigenvalue weighted by Crippen LogP contribution is -1.98. The van der Waals surface area contributed by atoms with Crippen molar-refractivity contribution in [1.29, 1.82) is 0 Å². The molecule has 0 aliphatic carbocycles. The van der Waals surface area contributed by atoms with Gasteiger partial charge in [0.2, 0.25) is 0 Å². The van der Waals surface area contributed by atoms with Crippen LogP contribution in [-0.2, 0) is 11.2 Å². The summed E-state index contributed by atoms with van der Waals surface area (Å²) in [5.74, 6) is -0.776.